The molecule has 1 amide bonds. The smallest absolute Gasteiger partial charge is 0.270 e. The molecule has 0 spiro atoms. The molecule has 2 aromatic carbocycles. The molecule has 8 heteroatoms. The molecule has 0 bridgehead atoms. The molecular formula is C18H15N3O3S2. The second-order valence-electron chi connectivity index (χ2n) is 5.42. The molecule has 3 rings (SSSR count). The van der Waals surface area contributed by atoms with E-state index < -0.39 is 4.92 Å². The number of carbonyl (C=O) groups is 1. The zero-order valence-electron chi connectivity index (χ0n) is 14.1. The lowest BCUT2D eigenvalue weighted by Crippen LogP contribution is -2.23. The van der Waals surface area contributed by atoms with Crippen LogP contribution in [-0.2, 0) is 4.79 Å². The number of nitro groups is 1. The van der Waals surface area contributed by atoms with Crippen LogP contribution in [0, 0.1) is 10.1 Å². The zero-order chi connectivity index (χ0) is 18.7. The van der Waals surface area contributed by atoms with Crippen molar-refractivity contribution in [2.45, 2.75) is 4.90 Å². The predicted octanol–water partition coefficient (Wildman–Crippen LogP) is 4.55. The highest BCUT2D eigenvalue weighted by Crippen LogP contribution is 2.34. The van der Waals surface area contributed by atoms with Crippen LogP contribution in [-0.4, -0.2) is 34.2 Å². The largest absolute Gasteiger partial charge is 0.290 e. The van der Waals surface area contributed by atoms with Crippen molar-refractivity contribution in [1.82, 2.24) is 4.90 Å². The lowest BCUT2D eigenvalue weighted by atomic mass is 10.2. The molecule has 1 aliphatic rings. The molecule has 0 radical (unpaired) electrons. The number of non-ortho nitro benzene ring substituents is 1. The molecule has 132 valence electrons. The van der Waals surface area contributed by atoms with Crippen LogP contribution in [0.15, 0.2) is 63.3 Å². The van der Waals surface area contributed by atoms with Gasteiger partial charge in [-0.15, -0.1) is 11.8 Å². The number of carbonyl (C=O) groups excluding carboxylic acids is 1. The third-order valence-electron chi connectivity index (χ3n) is 3.66. The molecule has 26 heavy (non-hydrogen) atoms. The minimum atomic E-state index is -0.455. The van der Waals surface area contributed by atoms with E-state index in [4.69, 9.17) is 0 Å². The van der Waals surface area contributed by atoms with E-state index in [0.717, 1.165) is 10.6 Å². The Morgan fingerprint density at radius 2 is 2.00 bits per heavy atom. The number of benzene rings is 2. The van der Waals surface area contributed by atoms with Crippen LogP contribution in [0.4, 0.5) is 11.4 Å². The number of rotatable bonds is 4. The predicted molar refractivity (Wildman–Crippen MR) is 107 cm³/mol. The number of aliphatic imine (C=N–C) groups is 1. The number of hydrogen-bond donors (Lipinski definition) is 0. The highest BCUT2D eigenvalue weighted by atomic mass is 32.2. The summed E-state index contributed by atoms with van der Waals surface area (Å²) in [6.45, 7) is 0. The number of amides is 1. The topological polar surface area (TPSA) is 75.8 Å². The van der Waals surface area contributed by atoms with E-state index in [0.29, 0.717) is 15.6 Å². The van der Waals surface area contributed by atoms with Gasteiger partial charge in [-0.3, -0.25) is 19.8 Å². The number of nitro benzene ring substituents is 1. The number of likely N-dealkylation sites (N-methyl/N-ethyl adjacent to an activating group) is 1. The summed E-state index contributed by atoms with van der Waals surface area (Å²) in [6.07, 6.45) is 3.64. The zero-order valence-corrected chi connectivity index (χ0v) is 15.7. The van der Waals surface area contributed by atoms with Crippen LogP contribution in [0.25, 0.3) is 6.08 Å². The van der Waals surface area contributed by atoms with Crippen LogP contribution in [0.2, 0.25) is 0 Å². The summed E-state index contributed by atoms with van der Waals surface area (Å²) in [4.78, 5) is 30.5. The van der Waals surface area contributed by atoms with E-state index in [-0.39, 0.29) is 11.6 Å². The molecule has 0 N–H and O–H groups in total. The maximum atomic E-state index is 12.5. The fourth-order valence-electron chi connectivity index (χ4n) is 2.32. The summed E-state index contributed by atoms with van der Waals surface area (Å²) in [5.74, 6) is -0.179. The van der Waals surface area contributed by atoms with Gasteiger partial charge in [-0.05, 0) is 47.9 Å². The van der Waals surface area contributed by atoms with E-state index >= 15 is 0 Å². The van der Waals surface area contributed by atoms with Crippen LogP contribution >= 0.6 is 23.5 Å². The van der Waals surface area contributed by atoms with E-state index in [1.165, 1.54) is 28.8 Å². The van der Waals surface area contributed by atoms with Crippen LogP contribution in [0.1, 0.15) is 5.56 Å². The van der Waals surface area contributed by atoms with Gasteiger partial charge in [0.1, 0.15) is 0 Å². The fourth-order valence-corrected chi connectivity index (χ4v) is 3.76. The third-order valence-corrected chi connectivity index (χ3v) is 5.45. The highest BCUT2D eigenvalue weighted by molar-refractivity contribution is 8.18. The summed E-state index contributed by atoms with van der Waals surface area (Å²) < 4.78 is 0. The van der Waals surface area contributed by atoms with Gasteiger partial charge < -0.3 is 0 Å². The van der Waals surface area contributed by atoms with Gasteiger partial charge in [-0.2, -0.15) is 0 Å². The molecule has 0 saturated carbocycles. The van der Waals surface area contributed by atoms with Gasteiger partial charge in [0.15, 0.2) is 5.17 Å². The average molecular weight is 385 g/mol. The van der Waals surface area contributed by atoms with Gasteiger partial charge in [0.05, 0.1) is 15.5 Å². The second-order valence-corrected chi connectivity index (χ2v) is 7.31. The Balaban J connectivity index is 1.90. The molecule has 0 atom stereocenters. The van der Waals surface area contributed by atoms with Gasteiger partial charge in [-0.25, -0.2) is 4.99 Å². The van der Waals surface area contributed by atoms with Crippen molar-refractivity contribution < 1.29 is 9.72 Å². The summed E-state index contributed by atoms with van der Waals surface area (Å²) in [6, 6.07) is 13.9. The lowest BCUT2D eigenvalue weighted by Gasteiger charge is -2.07. The molecule has 0 unspecified atom stereocenters. The highest BCUT2D eigenvalue weighted by Gasteiger charge is 2.30. The normalized spacial score (nSPS) is 17.3. The maximum Gasteiger partial charge on any atom is 0.270 e. The fraction of sp³-hybridized carbons (Fsp3) is 0.111. The van der Waals surface area contributed by atoms with Crippen molar-refractivity contribution in [2.75, 3.05) is 13.3 Å². The number of amidine groups is 1. The van der Waals surface area contributed by atoms with E-state index in [1.54, 1.807) is 37.0 Å². The van der Waals surface area contributed by atoms with Crippen molar-refractivity contribution in [3.63, 3.8) is 0 Å². The standard InChI is InChI=1S/C18H15N3O3S2/c1-20-17(22)16(10-12-5-3-7-14(9-12)21(23)24)26-18(20)19-13-6-4-8-15(11-13)25-2/h3-11H,1-2H3/b16-10+,19-18?. The SMILES string of the molecule is CSc1cccc(N=C2S/C(=C/c3cccc([N+](=O)[O-])c3)C(=O)N2C)c1. The van der Waals surface area contributed by atoms with Crippen molar-refractivity contribution in [2.24, 2.45) is 4.99 Å². The Bertz CT molecular complexity index is 941. The Hall–Kier alpha value is -2.58. The monoisotopic (exact) mass is 385 g/mol. The minimum absolute atomic E-state index is 0.00841. The maximum absolute atomic E-state index is 12.5. The molecule has 1 saturated heterocycles. The summed E-state index contributed by atoms with van der Waals surface area (Å²) in [5, 5.41) is 11.5. The number of nitrogens with zero attached hydrogens (tertiary/aromatic N) is 3. The van der Waals surface area contributed by atoms with Crippen molar-refractivity contribution in [3.8, 4) is 0 Å². The lowest BCUT2D eigenvalue weighted by molar-refractivity contribution is -0.384. The van der Waals surface area contributed by atoms with Crippen LogP contribution in [0.5, 0.6) is 0 Å². The number of thioether (sulfide) groups is 2. The Kier molecular flexibility index (Phi) is 5.43. The third kappa shape index (κ3) is 3.97. The van der Waals surface area contributed by atoms with Crippen molar-refractivity contribution in [3.05, 3.63) is 69.1 Å². The van der Waals surface area contributed by atoms with Gasteiger partial charge in [0.25, 0.3) is 11.6 Å². The van der Waals surface area contributed by atoms with E-state index in [1.807, 2.05) is 30.5 Å². The first-order chi connectivity index (χ1) is 12.5. The van der Waals surface area contributed by atoms with Gasteiger partial charge in [0, 0.05) is 24.1 Å². The first kappa shape index (κ1) is 18.2. The second kappa shape index (κ2) is 7.76. The molecule has 0 aromatic heterocycles. The van der Waals surface area contributed by atoms with Crippen LogP contribution < -0.4 is 0 Å². The molecule has 0 aliphatic carbocycles. The Morgan fingerprint density at radius 1 is 1.23 bits per heavy atom. The summed E-state index contributed by atoms with van der Waals surface area (Å²) >= 11 is 2.88. The van der Waals surface area contributed by atoms with E-state index in [2.05, 4.69) is 4.99 Å². The molecule has 2 aromatic rings. The van der Waals surface area contributed by atoms with Crippen molar-refractivity contribution >= 4 is 52.0 Å². The molecule has 1 aliphatic heterocycles. The van der Waals surface area contributed by atoms with Crippen LogP contribution in [0.3, 0.4) is 0 Å². The first-order valence-corrected chi connectivity index (χ1v) is 9.67. The van der Waals surface area contributed by atoms with Gasteiger partial charge >= 0.3 is 0 Å². The Labute approximate surface area is 159 Å². The number of hydrogen-bond acceptors (Lipinski definition) is 6. The average Bonchev–Trinajstić information content (AvgIpc) is 2.90. The quantitative estimate of drug-likeness (QED) is 0.334. The summed E-state index contributed by atoms with van der Waals surface area (Å²) in [5.41, 5.74) is 1.37. The molecular weight excluding hydrogens is 370 g/mol. The molecule has 1 heterocycles. The van der Waals surface area contributed by atoms with Gasteiger partial charge in [0.2, 0.25) is 0 Å². The Morgan fingerprint density at radius 3 is 2.73 bits per heavy atom. The first-order valence-electron chi connectivity index (χ1n) is 7.63. The van der Waals surface area contributed by atoms with Gasteiger partial charge in [-0.1, -0.05) is 18.2 Å². The summed E-state index contributed by atoms with van der Waals surface area (Å²) in [7, 11) is 1.67. The molecule has 6 nitrogen and oxygen atoms in total. The van der Waals surface area contributed by atoms with E-state index in [9.17, 15) is 14.9 Å². The van der Waals surface area contributed by atoms with Crippen molar-refractivity contribution in [1.29, 1.82) is 0 Å². The minimum Gasteiger partial charge on any atom is -0.290 e. The molecule has 1 fully saturated rings.